The Labute approximate surface area is 92.2 Å². The summed E-state index contributed by atoms with van der Waals surface area (Å²) in [5.41, 5.74) is 6.18. The van der Waals surface area contributed by atoms with E-state index in [0.29, 0.717) is 0 Å². The van der Waals surface area contributed by atoms with Crippen molar-refractivity contribution in [2.24, 2.45) is 0 Å². The monoisotopic (exact) mass is 265 g/mol. The fourth-order valence-electron chi connectivity index (χ4n) is 0.453. The molecule has 2 N–H and O–H groups in total. The molecule has 1 nitrogen and oxygen atoms in total. The molecule has 7 heteroatoms. The molecule has 0 aliphatic rings. The Morgan fingerprint density at radius 1 is 0.875 bits per heavy atom. The smallest absolute Gasteiger partial charge is 0.283 e. The van der Waals surface area contributed by atoms with E-state index in [9.17, 15) is 19.4 Å². The van der Waals surface area contributed by atoms with Crippen molar-refractivity contribution >= 4 is 15.9 Å². The van der Waals surface area contributed by atoms with Gasteiger partial charge in [0.05, 0.1) is 6.26 Å². The van der Waals surface area contributed by atoms with Crippen molar-refractivity contribution in [3.8, 4) is 0 Å². The lowest BCUT2D eigenvalue weighted by atomic mass is 10.3. The SMILES string of the molecule is CC.CS(F)(F)(F)(F)F.Nc1ccccc1. The number of halogens is 5. The molecule has 1 rings (SSSR count). The Balaban J connectivity index is 0. The molecule has 0 radical (unpaired) electrons. The molecule has 16 heavy (non-hydrogen) atoms. The third-order valence-corrected chi connectivity index (χ3v) is 0.800. The van der Waals surface area contributed by atoms with Crippen LogP contribution in [0.3, 0.4) is 0 Å². The lowest BCUT2D eigenvalue weighted by molar-refractivity contribution is 0.377. The number of hydrogen-bond donors (Lipinski definition) is 1. The number of anilines is 1. The molecule has 0 atom stereocenters. The van der Waals surface area contributed by atoms with E-state index in [1.807, 2.05) is 44.2 Å². The van der Waals surface area contributed by atoms with Gasteiger partial charge in [-0.25, -0.2) is 0 Å². The number of benzene rings is 1. The Bertz CT molecular complexity index is 279. The van der Waals surface area contributed by atoms with Crippen LogP contribution in [0.2, 0.25) is 0 Å². The van der Waals surface area contributed by atoms with Gasteiger partial charge in [0.15, 0.2) is 0 Å². The predicted molar refractivity (Wildman–Crippen MR) is 61.3 cm³/mol. The number of hydrogen-bond acceptors (Lipinski definition) is 1. The highest BCUT2D eigenvalue weighted by Crippen LogP contribution is 2.95. The normalized spacial score (nSPS) is 14.2. The summed E-state index contributed by atoms with van der Waals surface area (Å²) in [6.45, 7) is 4.00. The molecule has 0 spiro atoms. The average Bonchev–Trinajstić information content (AvgIpc) is 2.03. The zero-order valence-corrected chi connectivity index (χ0v) is 10.1. The number of nitrogens with two attached hydrogens (primary N) is 1. The largest absolute Gasteiger partial charge is 0.399 e. The van der Waals surface area contributed by atoms with E-state index >= 15 is 0 Å². The average molecular weight is 265 g/mol. The van der Waals surface area contributed by atoms with E-state index < -0.39 is 16.5 Å². The second-order valence-electron chi connectivity index (χ2n) is 2.77. The van der Waals surface area contributed by atoms with Gasteiger partial charge in [-0.05, 0) is 12.1 Å². The van der Waals surface area contributed by atoms with Crippen LogP contribution in [-0.4, -0.2) is 6.26 Å². The molecule has 0 saturated carbocycles. The molecular weight excluding hydrogens is 249 g/mol. The van der Waals surface area contributed by atoms with Gasteiger partial charge in [0, 0.05) is 5.69 Å². The van der Waals surface area contributed by atoms with Crippen molar-refractivity contribution in [3.63, 3.8) is 0 Å². The molecule has 1 aromatic carbocycles. The Morgan fingerprint density at radius 3 is 1.25 bits per heavy atom. The van der Waals surface area contributed by atoms with E-state index in [1.165, 1.54) is 0 Å². The quantitative estimate of drug-likeness (QED) is 0.505. The minimum absolute atomic E-state index is 0.822. The first kappa shape index (κ1) is 17.4. The summed E-state index contributed by atoms with van der Waals surface area (Å²) in [6.07, 6.45) is -0.986. The lowest BCUT2D eigenvalue weighted by Gasteiger charge is -2.35. The van der Waals surface area contributed by atoms with Crippen molar-refractivity contribution in [2.45, 2.75) is 13.8 Å². The maximum atomic E-state index is 10.5. The second kappa shape index (κ2) is 4.90. The molecule has 0 fully saturated rings. The number of para-hydroxylation sites is 1. The fraction of sp³-hybridized carbons (Fsp3) is 0.333. The van der Waals surface area contributed by atoms with Crippen molar-refractivity contribution in [2.75, 3.05) is 12.0 Å². The molecule has 0 aromatic heterocycles. The van der Waals surface area contributed by atoms with Crippen molar-refractivity contribution < 1.29 is 19.4 Å². The Kier molecular flexibility index (Phi) is 5.34. The molecule has 0 amide bonds. The zero-order valence-electron chi connectivity index (χ0n) is 9.26. The molecular formula is C9H16F5NS. The van der Waals surface area contributed by atoms with Crippen molar-refractivity contribution in [1.29, 1.82) is 0 Å². The summed E-state index contributed by atoms with van der Waals surface area (Å²) >= 11 is 0. The van der Waals surface area contributed by atoms with Crippen LogP contribution in [0.5, 0.6) is 0 Å². The highest BCUT2D eigenvalue weighted by molar-refractivity contribution is 8.45. The summed E-state index contributed by atoms with van der Waals surface area (Å²) in [7, 11) is -8.97. The minimum atomic E-state index is -8.97. The minimum Gasteiger partial charge on any atom is -0.399 e. The summed E-state index contributed by atoms with van der Waals surface area (Å²) < 4.78 is 52.6. The van der Waals surface area contributed by atoms with E-state index in [0.717, 1.165) is 5.69 Å². The molecule has 0 aliphatic carbocycles. The van der Waals surface area contributed by atoms with Gasteiger partial charge in [0.25, 0.3) is 10.2 Å². The number of nitrogen functional groups attached to an aromatic ring is 1. The van der Waals surface area contributed by atoms with Crippen LogP contribution in [0.1, 0.15) is 13.8 Å². The van der Waals surface area contributed by atoms with Crippen LogP contribution < -0.4 is 5.73 Å². The third kappa shape index (κ3) is 38.2. The highest BCUT2D eigenvalue weighted by Gasteiger charge is 2.57. The molecule has 0 unspecified atom stereocenters. The standard InChI is InChI=1S/C6H7N.C2H6.CH3F5S/c7-6-4-2-1-3-5-6;1-2;1-7(2,3,4,5)6/h1-5H,7H2;1-2H3;1H3. The van der Waals surface area contributed by atoms with E-state index in [-0.39, 0.29) is 0 Å². The van der Waals surface area contributed by atoms with Gasteiger partial charge in [0.1, 0.15) is 0 Å². The second-order valence-corrected chi connectivity index (χ2v) is 5.47. The highest BCUT2D eigenvalue weighted by atomic mass is 32.5. The fourth-order valence-corrected chi connectivity index (χ4v) is 0.453. The summed E-state index contributed by atoms with van der Waals surface area (Å²) in [5, 5.41) is 0. The third-order valence-electron chi connectivity index (χ3n) is 0.800. The summed E-state index contributed by atoms with van der Waals surface area (Å²) in [6, 6.07) is 9.49. The Hall–Kier alpha value is -0.980. The van der Waals surface area contributed by atoms with Gasteiger partial charge < -0.3 is 5.73 Å². The van der Waals surface area contributed by atoms with Gasteiger partial charge >= 0.3 is 0 Å². The molecule has 0 bridgehead atoms. The lowest BCUT2D eigenvalue weighted by Crippen LogP contribution is -1.99. The Morgan fingerprint density at radius 2 is 1.12 bits per heavy atom. The van der Waals surface area contributed by atoms with Crippen molar-refractivity contribution in [3.05, 3.63) is 30.3 Å². The van der Waals surface area contributed by atoms with Crippen LogP contribution in [-0.2, 0) is 0 Å². The maximum Gasteiger partial charge on any atom is 0.283 e. The van der Waals surface area contributed by atoms with Gasteiger partial charge in [-0.3, -0.25) is 0 Å². The molecule has 98 valence electrons. The van der Waals surface area contributed by atoms with Gasteiger partial charge in [-0.15, -0.1) is 0 Å². The van der Waals surface area contributed by atoms with Gasteiger partial charge in [-0.2, -0.15) is 0 Å². The molecule has 0 aliphatic heterocycles. The molecule has 1 aromatic rings. The topological polar surface area (TPSA) is 26.0 Å². The predicted octanol–water partition coefficient (Wildman–Crippen LogP) is 5.21. The molecule has 0 heterocycles. The van der Waals surface area contributed by atoms with E-state index in [2.05, 4.69) is 0 Å². The van der Waals surface area contributed by atoms with Crippen LogP contribution in [0.4, 0.5) is 25.1 Å². The van der Waals surface area contributed by atoms with Gasteiger partial charge in [0.2, 0.25) is 0 Å². The number of rotatable bonds is 0. The summed E-state index contributed by atoms with van der Waals surface area (Å²) in [5.74, 6) is 0. The van der Waals surface area contributed by atoms with Crippen LogP contribution in [0.15, 0.2) is 30.3 Å². The van der Waals surface area contributed by atoms with Crippen LogP contribution in [0, 0.1) is 0 Å². The summed E-state index contributed by atoms with van der Waals surface area (Å²) in [4.78, 5) is 0. The maximum absolute atomic E-state index is 10.5. The first-order chi connectivity index (χ1) is 6.84. The zero-order chi connectivity index (χ0) is 13.5. The first-order valence-electron chi connectivity index (χ1n) is 4.38. The van der Waals surface area contributed by atoms with Crippen molar-refractivity contribution in [1.82, 2.24) is 0 Å². The van der Waals surface area contributed by atoms with E-state index in [4.69, 9.17) is 5.73 Å². The van der Waals surface area contributed by atoms with E-state index in [1.54, 1.807) is 0 Å². The van der Waals surface area contributed by atoms with Crippen LogP contribution >= 0.6 is 10.2 Å². The molecule has 0 saturated heterocycles. The van der Waals surface area contributed by atoms with Crippen LogP contribution in [0.25, 0.3) is 0 Å². The van der Waals surface area contributed by atoms with Gasteiger partial charge in [-0.1, -0.05) is 51.5 Å². The first-order valence-corrected chi connectivity index (χ1v) is 6.74.